The fraction of sp³-hybridized carbons (Fsp3) is 0.833. The van der Waals surface area contributed by atoms with E-state index in [1.54, 1.807) is 0 Å². The van der Waals surface area contributed by atoms with Gasteiger partial charge in [0.2, 0.25) is 0 Å². The maximum Gasteiger partial charge on any atom is 0.156 e. The van der Waals surface area contributed by atoms with E-state index in [9.17, 15) is 18.3 Å². The number of carbonyl (C=O) groups is 1. The quantitative estimate of drug-likeness (QED) is 0.503. The molecule has 0 aromatic carbocycles. The molecule has 70 valence electrons. The van der Waals surface area contributed by atoms with Gasteiger partial charge < -0.3 is 15.2 Å². The van der Waals surface area contributed by atoms with Crippen molar-refractivity contribution < 1.29 is 23.6 Å². The fourth-order valence-corrected chi connectivity index (χ4v) is 3.06. The molecule has 0 aromatic heterocycles. The van der Waals surface area contributed by atoms with Crippen LogP contribution >= 0.6 is 0 Å². The molecule has 0 amide bonds. The molecule has 1 heterocycles. The van der Waals surface area contributed by atoms with Crippen LogP contribution in [0.25, 0.3) is 0 Å². The van der Waals surface area contributed by atoms with Gasteiger partial charge in [-0.1, -0.05) is 0 Å². The number of rotatable bonds is 3. The average Bonchev–Trinajstić information content (AvgIpc) is 2.26. The number of carboxylic acid groups (broad SMARTS) is 1. The van der Waals surface area contributed by atoms with Gasteiger partial charge in [0, 0.05) is 6.42 Å². The van der Waals surface area contributed by atoms with Gasteiger partial charge in [-0.05, 0) is 0 Å². The monoisotopic (exact) mass is 193 g/mol. The van der Waals surface area contributed by atoms with E-state index in [0.717, 1.165) is 0 Å². The summed E-state index contributed by atoms with van der Waals surface area (Å²) in [6.07, 6.45) is 0.551. The highest BCUT2D eigenvalue weighted by Gasteiger charge is 2.29. The van der Waals surface area contributed by atoms with E-state index in [4.69, 9.17) is 0 Å². The molecule has 5 nitrogen and oxygen atoms in total. The Morgan fingerprint density at radius 3 is 2.67 bits per heavy atom. The Hall–Kier alpha value is -0.620. The molecular formula is C6H11NO4S. The molecule has 1 saturated heterocycles. The zero-order chi connectivity index (χ0) is 9.19. The van der Waals surface area contributed by atoms with Gasteiger partial charge in [-0.25, -0.2) is 8.42 Å². The van der Waals surface area contributed by atoms with Gasteiger partial charge in [0.1, 0.15) is 18.3 Å². The van der Waals surface area contributed by atoms with Crippen LogP contribution in [-0.2, 0) is 14.6 Å². The highest BCUT2D eigenvalue weighted by atomic mass is 32.2. The van der Waals surface area contributed by atoms with Crippen molar-refractivity contribution in [2.75, 3.05) is 18.1 Å². The van der Waals surface area contributed by atoms with Gasteiger partial charge in [0.15, 0.2) is 9.84 Å². The summed E-state index contributed by atoms with van der Waals surface area (Å²) in [5, 5.41) is 11.5. The molecule has 2 N–H and O–H groups in total. The normalized spacial score (nSPS) is 27.2. The topological polar surface area (TPSA) is 90.9 Å². The number of aliphatic carboxylic acids is 1. The molecule has 0 bridgehead atoms. The van der Waals surface area contributed by atoms with Crippen molar-refractivity contribution in [2.45, 2.75) is 12.5 Å². The van der Waals surface area contributed by atoms with Gasteiger partial charge in [-0.15, -0.1) is 0 Å². The first-order chi connectivity index (χ1) is 5.49. The third-order valence-electron chi connectivity index (χ3n) is 1.89. The number of carboxylic acids is 1. The third kappa shape index (κ3) is 2.78. The molecule has 0 unspecified atom stereocenters. The molecule has 0 spiro atoms. The summed E-state index contributed by atoms with van der Waals surface area (Å²) >= 11 is 0. The van der Waals surface area contributed by atoms with Crippen molar-refractivity contribution in [1.29, 1.82) is 0 Å². The zero-order valence-corrected chi connectivity index (χ0v) is 7.34. The Kier molecular flexibility index (Phi) is 2.69. The van der Waals surface area contributed by atoms with Crippen LogP contribution in [0.1, 0.15) is 6.42 Å². The smallest absolute Gasteiger partial charge is 0.156 e. The molecule has 1 rings (SSSR count). The van der Waals surface area contributed by atoms with Crippen LogP contribution < -0.4 is 10.4 Å². The number of hydrogen-bond donors (Lipinski definition) is 1. The minimum absolute atomic E-state index is 0.0899. The summed E-state index contributed by atoms with van der Waals surface area (Å²) in [7, 11) is -2.89. The van der Waals surface area contributed by atoms with Crippen LogP contribution in [0.2, 0.25) is 0 Å². The van der Waals surface area contributed by atoms with E-state index in [-0.39, 0.29) is 24.1 Å². The van der Waals surface area contributed by atoms with Crippen LogP contribution in [0, 0.1) is 0 Å². The van der Waals surface area contributed by atoms with E-state index < -0.39 is 15.8 Å². The van der Waals surface area contributed by atoms with Crippen molar-refractivity contribution in [1.82, 2.24) is 0 Å². The van der Waals surface area contributed by atoms with Gasteiger partial charge in [0.05, 0.1) is 11.7 Å². The molecule has 1 aliphatic rings. The van der Waals surface area contributed by atoms with E-state index in [1.807, 2.05) is 0 Å². The van der Waals surface area contributed by atoms with Crippen LogP contribution in [0.4, 0.5) is 0 Å². The molecule has 12 heavy (non-hydrogen) atoms. The summed E-state index contributed by atoms with van der Waals surface area (Å²) in [6, 6.07) is -0.0899. The molecule has 0 radical (unpaired) electrons. The lowest BCUT2D eigenvalue weighted by molar-refractivity contribution is -0.679. The van der Waals surface area contributed by atoms with Crippen LogP contribution in [0.3, 0.4) is 0 Å². The minimum atomic E-state index is -2.89. The molecule has 0 saturated carbocycles. The van der Waals surface area contributed by atoms with E-state index in [2.05, 4.69) is 0 Å². The predicted octanol–water partition coefficient (Wildman–Crippen LogP) is -3.51. The van der Waals surface area contributed by atoms with E-state index in [0.29, 0.717) is 6.42 Å². The van der Waals surface area contributed by atoms with Crippen molar-refractivity contribution in [3.8, 4) is 0 Å². The van der Waals surface area contributed by atoms with Gasteiger partial charge >= 0.3 is 0 Å². The first-order valence-electron chi connectivity index (χ1n) is 3.73. The lowest BCUT2D eigenvalue weighted by Crippen LogP contribution is -2.92. The van der Waals surface area contributed by atoms with Crippen LogP contribution in [-0.4, -0.2) is 38.5 Å². The zero-order valence-electron chi connectivity index (χ0n) is 6.52. The Balaban J connectivity index is 2.34. The minimum Gasteiger partial charge on any atom is -0.544 e. The summed E-state index contributed by atoms with van der Waals surface area (Å²) in [4.78, 5) is 10.0. The number of hydrogen-bond acceptors (Lipinski definition) is 4. The van der Waals surface area contributed by atoms with Crippen LogP contribution in [0.5, 0.6) is 0 Å². The maximum atomic E-state index is 10.9. The molecule has 1 aliphatic heterocycles. The first-order valence-corrected chi connectivity index (χ1v) is 5.55. The molecule has 0 aromatic rings. The van der Waals surface area contributed by atoms with Crippen molar-refractivity contribution in [3.63, 3.8) is 0 Å². The second-order valence-electron chi connectivity index (χ2n) is 2.97. The number of carbonyl (C=O) groups excluding carboxylic acids is 1. The summed E-state index contributed by atoms with van der Waals surface area (Å²) in [6.45, 7) is -0.153. The van der Waals surface area contributed by atoms with Gasteiger partial charge in [-0.2, -0.15) is 0 Å². The fourth-order valence-electron chi connectivity index (χ4n) is 1.27. The SMILES string of the molecule is O=C([O-])C[NH2+][C@H]1CCS(=O)(=O)C1. The molecular weight excluding hydrogens is 182 g/mol. The average molecular weight is 193 g/mol. The number of sulfone groups is 1. The molecule has 1 fully saturated rings. The maximum absolute atomic E-state index is 10.9. The number of quaternary nitrogens is 1. The highest BCUT2D eigenvalue weighted by Crippen LogP contribution is 2.07. The van der Waals surface area contributed by atoms with E-state index >= 15 is 0 Å². The summed E-state index contributed by atoms with van der Waals surface area (Å²) in [5.74, 6) is -0.874. The second-order valence-corrected chi connectivity index (χ2v) is 5.20. The Labute approximate surface area is 70.7 Å². The second kappa shape index (κ2) is 3.40. The number of nitrogens with two attached hydrogens (primary N) is 1. The Bertz CT molecular complexity index is 271. The third-order valence-corrected chi connectivity index (χ3v) is 3.68. The van der Waals surface area contributed by atoms with Crippen molar-refractivity contribution in [3.05, 3.63) is 0 Å². The highest BCUT2D eigenvalue weighted by molar-refractivity contribution is 7.91. The van der Waals surface area contributed by atoms with Crippen molar-refractivity contribution >= 4 is 15.8 Å². The van der Waals surface area contributed by atoms with Gasteiger partial charge in [0.25, 0.3) is 0 Å². The standard InChI is InChI=1S/C6H11NO4S/c8-6(9)3-7-5-1-2-12(10,11)4-5/h5,7H,1-4H2,(H,8,9)/t5-/m0/s1. The van der Waals surface area contributed by atoms with E-state index in [1.165, 1.54) is 5.32 Å². The molecule has 6 heteroatoms. The van der Waals surface area contributed by atoms with Gasteiger partial charge in [-0.3, -0.25) is 0 Å². The van der Waals surface area contributed by atoms with Crippen molar-refractivity contribution in [2.24, 2.45) is 0 Å². The Morgan fingerprint density at radius 2 is 2.25 bits per heavy atom. The molecule has 1 atom stereocenters. The predicted molar refractivity (Wildman–Crippen MR) is 38.9 cm³/mol. The Morgan fingerprint density at radius 1 is 1.58 bits per heavy atom. The largest absolute Gasteiger partial charge is 0.544 e. The summed E-state index contributed by atoms with van der Waals surface area (Å²) in [5.41, 5.74) is 0. The molecule has 0 aliphatic carbocycles. The lowest BCUT2D eigenvalue weighted by atomic mass is 10.3. The summed E-state index contributed by atoms with van der Waals surface area (Å²) < 4.78 is 21.8. The first kappa shape index (κ1) is 9.47. The van der Waals surface area contributed by atoms with Crippen LogP contribution in [0.15, 0.2) is 0 Å². The lowest BCUT2D eigenvalue weighted by Gasteiger charge is -2.06.